The molecule has 0 aromatic heterocycles. The third-order valence-electron chi connectivity index (χ3n) is 3.95. The quantitative estimate of drug-likeness (QED) is 0.856. The maximum atomic E-state index is 12.4. The fourth-order valence-electron chi connectivity index (χ4n) is 2.76. The fraction of sp³-hybridized carbons (Fsp3) is 0.278. The number of rotatable bonds is 4. The van der Waals surface area contributed by atoms with Crippen LogP contribution in [0, 0.1) is 0 Å². The number of hydrogen-bond acceptors (Lipinski definition) is 3. The monoisotopic (exact) mass is 312 g/mol. The molecule has 0 unspecified atom stereocenters. The van der Waals surface area contributed by atoms with Gasteiger partial charge in [-0.2, -0.15) is 0 Å². The first-order valence-corrected chi connectivity index (χ1v) is 8.80. The predicted octanol–water partition coefficient (Wildman–Crippen LogP) is 4.26. The van der Waals surface area contributed by atoms with Gasteiger partial charge in [-0.25, -0.2) is 0 Å². The summed E-state index contributed by atoms with van der Waals surface area (Å²) in [7, 11) is 0. The number of nitrogens with one attached hydrogen (secondary N) is 1. The zero-order valence-corrected chi connectivity index (χ0v) is 13.5. The molecule has 2 aromatic carbocycles. The van der Waals surface area contributed by atoms with Crippen molar-refractivity contribution in [3.63, 3.8) is 0 Å². The minimum Gasteiger partial charge on any atom is -0.372 e. The van der Waals surface area contributed by atoms with Crippen LogP contribution in [0.2, 0.25) is 0 Å². The van der Waals surface area contributed by atoms with Crippen LogP contribution in [0.15, 0.2) is 53.4 Å². The van der Waals surface area contributed by atoms with Gasteiger partial charge in [0.25, 0.3) is 5.91 Å². The topological polar surface area (TPSA) is 32.3 Å². The van der Waals surface area contributed by atoms with Gasteiger partial charge in [0.05, 0.1) is 5.56 Å². The lowest BCUT2D eigenvalue weighted by Gasteiger charge is -2.18. The summed E-state index contributed by atoms with van der Waals surface area (Å²) in [5, 5.41) is 2.98. The van der Waals surface area contributed by atoms with E-state index in [9.17, 15) is 4.79 Å². The first-order chi connectivity index (χ1) is 10.8. The van der Waals surface area contributed by atoms with Crippen molar-refractivity contribution < 1.29 is 4.79 Å². The van der Waals surface area contributed by atoms with Crippen LogP contribution >= 0.6 is 11.8 Å². The van der Waals surface area contributed by atoms with Crippen molar-refractivity contribution in [3.05, 3.63) is 54.1 Å². The van der Waals surface area contributed by atoms with E-state index in [2.05, 4.69) is 22.3 Å². The first-order valence-electron chi connectivity index (χ1n) is 7.57. The summed E-state index contributed by atoms with van der Waals surface area (Å²) in [6.07, 6.45) is 4.52. The number of carbonyl (C=O) groups excluding carboxylic acids is 1. The molecule has 0 radical (unpaired) electrons. The number of hydrogen-bond donors (Lipinski definition) is 1. The molecule has 0 bridgehead atoms. The van der Waals surface area contributed by atoms with Crippen LogP contribution in [-0.2, 0) is 0 Å². The Morgan fingerprint density at radius 3 is 2.41 bits per heavy atom. The first kappa shape index (κ1) is 15.0. The van der Waals surface area contributed by atoms with Gasteiger partial charge < -0.3 is 10.2 Å². The van der Waals surface area contributed by atoms with Gasteiger partial charge in [0.1, 0.15) is 0 Å². The molecule has 3 rings (SSSR count). The van der Waals surface area contributed by atoms with Crippen molar-refractivity contribution in [1.82, 2.24) is 0 Å². The minimum absolute atomic E-state index is 0.0566. The Labute approximate surface area is 135 Å². The number of thioether (sulfide) groups is 1. The molecule has 1 saturated heterocycles. The van der Waals surface area contributed by atoms with Crippen LogP contribution in [0.25, 0.3) is 0 Å². The van der Waals surface area contributed by atoms with Crippen molar-refractivity contribution in [3.8, 4) is 0 Å². The summed E-state index contributed by atoms with van der Waals surface area (Å²) in [6.45, 7) is 2.26. The SMILES string of the molecule is CSc1ccccc1C(=O)Nc1ccc(N2CCCC2)cc1. The maximum absolute atomic E-state index is 12.4. The highest BCUT2D eigenvalue weighted by molar-refractivity contribution is 7.98. The Morgan fingerprint density at radius 2 is 1.73 bits per heavy atom. The normalized spacial score (nSPS) is 14.1. The highest BCUT2D eigenvalue weighted by Gasteiger charge is 2.13. The molecular weight excluding hydrogens is 292 g/mol. The number of amides is 1. The largest absolute Gasteiger partial charge is 0.372 e. The van der Waals surface area contributed by atoms with Crippen LogP contribution in [0.1, 0.15) is 23.2 Å². The second-order valence-corrected chi connectivity index (χ2v) is 6.24. The molecule has 1 N–H and O–H groups in total. The molecule has 0 saturated carbocycles. The standard InChI is InChI=1S/C18H20N2OS/c1-22-17-7-3-2-6-16(17)18(21)19-14-8-10-15(11-9-14)20-12-4-5-13-20/h2-3,6-11H,4-5,12-13H2,1H3,(H,19,21). The van der Waals surface area contributed by atoms with Crippen molar-refractivity contribution in [2.45, 2.75) is 17.7 Å². The van der Waals surface area contributed by atoms with Crippen molar-refractivity contribution >= 4 is 29.0 Å². The second kappa shape index (κ2) is 6.88. The molecule has 2 aromatic rings. The molecule has 1 aliphatic heterocycles. The summed E-state index contributed by atoms with van der Waals surface area (Å²) in [5.74, 6) is -0.0566. The summed E-state index contributed by atoms with van der Waals surface area (Å²) in [4.78, 5) is 15.8. The average Bonchev–Trinajstić information content (AvgIpc) is 3.10. The van der Waals surface area contributed by atoms with E-state index < -0.39 is 0 Å². The molecule has 0 spiro atoms. The van der Waals surface area contributed by atoms with Gasteiger partial charge in [0.2, 0.25) is 0 Å². The Balaban J connectivity index is 1.71. The maximum Gasteiger partial charge on any atom is 0.256 e. The molecule has 114 valence electrons. The van der Waals surface area contributed by atoms with Crippen molar-refractivity contribution in [2.24, 2.45) is 0 Å². The van der Waals surface area contributed by atoms with E-state index in [0.29, 0.717) is 0 Å². The number of anilines is 2. The molecule has 4 heteroatoms. The lowest BCUT2D eigenvalue weighted by atomic mass is 10.2. The summed E-state index contributed by atoms with van der Waals surface area (Å²) in [5.41, 5.74) is 2.79. The van der Waals surface area contributed by atoms with Gasteiger partial charge in [-0.05, 0) is 55.5 Å². The van der Waals surface area contributed by atoms with Gasteiger partial charge in [-0.1, -0.05) is 12.1 Å². The zero-order chi connectivity index (χ0) is 15.4. The van der Waals surface area contributed by atoms with Crippen LogP contribution in [0.4, 0.5) is 11.4 Å². The number of carbonyl (C=O) groups is 1. The number of benzene rings is 2. The van der Waals surface area contributed by atoms with E-state index in [0.717, 1.165) is 29.2 Å². The second-order valence-electron chi connectivity index (χ2n) is 5.40. The van der Waals surface area contributed by atoms with Gasteiger partial charge >= 0.3 is 0 Å². The van der Waals surface area contributed by atoms with Gasteiger partial charge in [0.15, 0.2) is 0 Å². The van der Waals surface area contributed by atoms with Gasteiger partial charge in [-0.3, -0.25) is 4.79 Å². The molecule has 22 heavy (non-hydrogen) atoms. The predicted molar refractivity (Wildman–Crippen MR) is 94.1 cm³/mol. The molecular formula is C18H20N2OS. The number of nitrogens with zero attached hydrogens (tertiary/aromatic N) is 1. The van der Waals surface area contributed by atoms with E-state index >= 15 is 0 Å². The highest BCUT2D eigenvalue weighted by atomic mass is 32.2. The highest BCUT2D eigenvalue weighted by Crippen LogP contribution is 2.24. The van der Waals surface area contributed by atoms with Crippen LogP contribution in [-0.4, -0.2) is 25.3 Å². The fourth-order valence-corrected chi connectivity index (χ4v) is 3.36. The summed E-state index contributed by atoms with van der Waals surface area (Å²) >= 11 is 1.59. The van der Waals surface area contributed by atoms with E-state index in [1.165, 1.54) is 18.5 Å². The van der Waals surface area contributed by atoms with E-state index in [4.69, 9.17) is 0 Å². The van der Waals surface area contributed by atoms with Crippen LogP contribution < -0.4 is 10.2 Å². The zero-order valence-electron chi connectivity index (χ0n) is 12.7. The third-order valence-corrected chi connectivity index (χ3v) is 4.74. The van der Waals surface area contributed by atoms with E-state index in [1.54, 1.807) is 11.8 Å². The molecule has 0 atom stereocenters. The Bertz CT molecular complexity index is 648. The summed E-state index contributed by atoms with van der Waals surface area (Å²) in [6, 6.07) is 15.8. The molecule has 1 fully saturated rings. The minimum atomic E-state index is -0.0566. The van der Waals surface area contributed by atoms with E-state index in [-0.39, 0.29) is 5.91 Å². The lowest BCUT2D eigenvalue weighted by Crippen LogP contribution is -2.17. The van der Waals surface area contributed by atoms with Crippen molar-refractivity contribution in [1.29, 1.82) is 0 Å². The molecule has 3 nitrogen and oxygen atoms in total. The summed E-state index contributed by atoms with van der Waals surface area (Å²) < 4.78 is 0. The van der Waals surface area contributed by atoms with Crippen molar-refractivity contribution in [2.75, 3.05) is 29.6 Å². The van der Waals surface area contributed by atoms with Gasteiger partial charge in [-0.15, -0.1) is 11.8 Å². The Hall–Kier alpha value is -1.94. The van der Waals surface area contributed by atoms with Crippen LogP contribution in [0.5, 0.6) is 0 Å². The molecule has 1 aliphatic rings. The molecule has 1 amide bonds. The smallest absolute Gasteiger partial charge is 0.256 e. The van der Waals surface area contributed by atoms with Gasteiger partial charge in [0, 0.05) is 29.4 Å². The molecule has 1 heterocycles. The Kier molecular flexibility index (Phi) is 4.68. The average molecular weight is 312 g/mol. The van der Waals surface area contributed by atoms with Crippen LogP contribution in [0.3, 0.4) is 0 Å². The molecule has 0 aliphatic carbocycles. The lowest BCUT2D eigenvalue weighted by molar-refractivity contribution is 0.102. The van der Waals surface area contributed by atoms with E-state index in [1.807, 2.05) is 42.7 Å². The Morgan fingerprint density at radius 1 is 1.05 bits per heavy atom. The third kappa shape index (κ3) is 3.28.